The first-order valence-corrected chi connectivity index (χ1v) is 28.6. The summed E-state index contributed by atoms with van der Waals surface area (Å²) < 4.78 is 157. The molecular weight excluding hydrogens is 1220 g/mol. The molecule has 0 saturated heterocycles. The molecule has 7 aromatic rings. The number of nitrogens with two attached hydrogens (primary N) is 2. The highest BCUT2D eigenvalue weighted by molar-refractivity contribution is 7.94. The Bertz CT molecular complexity index is 4000. The first-order valence-electron chi connectivity index (χ1n) is 20.8. The first-order chi connectivity index (χ1) is 37.8. The largest absolute Gasteiger partial charge is 0.396 e. The molecule has 5 aromatic carbocycles. The van der Waals surface area contributed by atoms with Crippen molar-refractivity contribution in [3.8, 4) is 0 Å². The number of nitrogens with zero attached hydrogens (tertiary/aromatic N) is 10. The molecule has 0 atom stereocenters. The average molecular weight is 1250 g/mol. The number of hydrogen-bond acceptors (Lipinski definition) is 33. The molecule has 0 bridgehead atoms. The van der Waals surface area contributed by atoms with Crippen LogP contribution < -0.4 is 32.7 Å². The number of hydrogen-bond donors (Lipinski definition) is 11. The summed E-state index contributed by atoms with van der Waals surface area (Å²) in [5.74, 6) is -1.77. The highest BCUT2D eigenvalue weighted by Crippen LogP contribution is 2.45. The highest BCUT2D eigenvalue weighted by Gasteiger charge is 2.24. The fourth-order valence-electron chi connectivity index (χ4n) is 6.21. The van der Waals surface area contributed by atoms with Crippen LogP contribution in [0.15, 0.2) is 136 Å². The Morgan fingerprint density at radius 3 is 1.70 bits per heavy atom. The van der Waals surface area contributed by atoms with E-state index in [1.807, 2.05) is 0 Å². The van der Waals surface area contributed by atoms with Gasteiger partial charge in [-0.25, -0.2) is 18.9 Å². The lowest BCUT2D eigenvalue weighted by atomic mass is 10.2. The molecule has 34 nitrogen and oxygen atoms in total. The van der Waals surface area contributed by atoms with Crippen molar-refractivity contribution in [3.05, 3.63) is 102 Å². The minimum absolute atomic E-state index is 0.00586. The lowest BCUT2D eigenvalue weighted by Gasteiger charge is -2.12. The molecule has 2 aromatic heterocycles. The maximum atomic E-state index is 14.8. The summed E-state index contributed by atoms with van der Waals surface area (Å²) in [5, 5.41) is 50.2. The van der Waals surface area contributed by atoms with Crippen molar-refractivity contribution < 1.29 is 85.2 Å². The fraction of sp³-hybridized carbons (Fsp3) is 0.0526. The van der Waals surface area contributed by atoms with Crippen molar-refractivity contribution in [2.75, 3.05) is 45.1 Å². The van der Waals surface area contributed by atoms with Crippen molar-refractivity contribution in [2.45, 2.75) is 24.5 Å². The minimum atomic E-state index is -5.25. The fourth-order valence-corrected chi connectivity index (χ4v) is 9.96. The molecule has 0 amide bonds. The Morgan fingerprint density at radius 2 is 1.10 bits per heavy atom. The highest BCUT2D eigenvalue weighted by atomic mass is 35.5. The van der Waals surface area contributed by atoms with Gasteiger partial charge in [-0.05, 0) is 96.5 Å². The normalized spacial score (nSPS) is 12.3. The van der Waals surface area contributed by atoms with Crippen LogP contribution in [-0.4, -0.2) is 100 Å². The third-order valence-corrected chi connectivity index (χ3v) is 15.1. The van der Waals surface area contributed by atoms with Crippen molar-refractivity contribution in [1.82, 2.24) is 29.9 Å². The molecule has 7 rings (SSSR count). The molecule has 13 N–H and O–H groups in total. The van der Waals surface area contributed by atoms with Crippen molar-refractivity contribution in [2.24, 2.45) is 20.5 Å². The number of anilines is 10. The van der Waals surface area contributed by atoms with E-state index in [9.17, 15) is 51.7 Å². The van der Waals surface area contributed by atoms with Gasteiger partial charge in [0.05, 0.1) is 50.5 Å². The topological polar surface area (TPSA) is 511 Å². The van der Waals surface area contributed by atoms with Crippen molar-refractivity contribution >= 4 is 157 Å². The first kappa shape index (κ1) is 60.1. The molecule has 2 heterocycles. The van der Waals surface area contributed by atoms with E-state index in [2.05, 4.69) is 90.4 Å². The van der Waals surface area contributed by atoms with Crippen molar-refractivity contribution in [1.29, 1.82) is 0 Å². The number of nitrogen functional groups attached to an aromatic ring is 2. The van der Waals surface area contributed by atoms with Gasteiger partial charge in [0.2, 0.25) is 29.1 Å². The second-order valence-electron chi connectivity index (χ2n) is 14.9. The van der Waals surface area contributed by atoms with E-state index >= 15 is 0 Å². The molecule has 0 saturated carbocycles. The molecule has 0 aliphatic rings. The predicted octanol–water partition coefficient (Wildman–Crippen LogP) is 7.76. The van der Waals surface area contributed by atoms with Crippen LogP contribution in [0.2, 0.25) is 5.28 Å². The van der Waals surface area contributed by atoms with Crippen LogP contribution >= 0.6 is 36.0 Å². The standard InChI is InChI=1S/C38H32ClFN16O18S6/c39-33-47-35(44-19-2-1-3-23(14-19)78(61,62)63)51-36(48-33)45-21-7-11-28(79(64,65)66)25(16-21)54-55-26-17-29(80(67,68)69)31(42)32(30(26)41)56-53-24-15-20(6-10-27(24)75-73-71-57)46-38-50-34(40)49-37(52-38)43-18-4-8-22(9-5-18)77(59,60)13-12-70-76-74-72-58/h1-11,14-17,57-58H,12-13,41-42H2,(H,61,62,63)(H,64,65,66)(H,67,68,69)(H2,43,46,49,50,52)(H2,44,45,47,48,51). The second-order valence-corrected chi connectivity index (χ2v) is 22.8. The maximum absolute atomic E-state index is 14.8. The molecule has 0 radical (unpaired) electrons. The van der Waals surface area contributed by atoms with E-state index in [0.717, 1.165) is 30.3 Å². The van der Waals surface area contributed by atoms with E-state index < -0.39 is 106 Å². The Labute approximate surface area is 461 Å². The van der Waals surface area contributed by atoms with E-state index in [1.54, 1.807) is 0 Å². The number of rotatable bonds is 25. The molecule has 42 heteroatoms. The van der Waals surface area contributed by atoms with Gasteiger partial charge >= 0.3 is 6.08 Å². The SMILES string of the molecule is Nc1c(N=Nc2cc(Nc3nc(Cl)nc(Nc4cccc(S(=O)(=O)O)c4)n3)ccc2S(=O)(=O)O)cc(S(=O)(=O)O)c(N)c1N=Nc1cc(Nc2nc(F)nc(Nc3ccc(S(=O)(=O)CCOSOOO)cc3)n2)ccc1SOOO. The van der Waals surface area contributed by atoms with Gasteiger partial charge in [0.25, 0.3) is 30.4 Å². The van der Waals surface area contributed by atoms with Gasteiger partial charge in [-0.2, -0.15) is 59.5 Å². The molecule has 80 heavy (non-hydrogen) atoms. The number of aromatic nitrogens is 6. The van der Waals surface area contributed by atoms with E-state index in [-0.39, 0.29) is 75.0 Å². The minimum Gasteiger partial charge on any atom is -0.396 e. The zero-order valence-corrected chi connectivity index (χ0v) is 44.6. The molecule has 0 spiro atoms. The zero-order chi connectivity index (χ0) is 58.0. The van der Waals surface area contributed by atoms with Gasteiger partial charge in [0, 0.05) is 22.7 Å². The van der Waals surface area contributed by atoms with E-state index in [0.29, 0.717) is 18.1 Å². The monoisotopic (exact) mass is 1250 g/mol. The zero-order valence-electron chi connectivity index (χ0n) is 39.0. The number of halogens is 2. The lowest BCUT2D eigenvalue weighted by Crippen LogP contribution is -2.11. The predicted molar refractivity (Wildman–Crippen MR) is 278 cm³/mol. The quantitative estimate of drug-likeness (QED) is 0.00495. The Balaban J connectivity index is 1.16. The number of sulfone groups is 1. The third kappa shape index (κ3) is 16.3. The summed E-state index contributed by atoms with van der Waals surface area (Å²) in [4.78, 5) is 20.8. The van der Waals surface area contributed by atoms with Crippen LogP contribution in [0.1, 0.15) is 0 Å². The maximum Gasteiger partial charge on any atom is 0.315 e. The smallest absolute Gasteiger partial charge is 0.315 e. The number of benzene rings is 5. The van der Waals surface area contributed by atoms with Crippen LogP contribution in [0.5, 0.6) is 0 Å². The van der Waals surface area contributed by atoms with Gasteiger partial charge in [-0.3, -0.25) is 17.8 Å². The van der Waals surface area contributed by atoms with Crippen LogP contribution in [0.4, 0.5) is 85.1 Å². The Morgan fingerprint density at radius 1 is 0.562 bits per heavy atom. The Hall–Kier alpha value is -7.56. The second kappa shape index (κ2) is 25.7. The third-order valence-electron chi connectivity index (χ3n) is 9.60. The average Bonchev–Trinajstić information content (AvgIpc) is 3.38. The molecule has 0 unspecified atom stereocenters. The molecule has 0 fully saturated rings. The summed E-state index contributed by atoms with van der Waals surface area (Å²) in [6, 6.07) is 17.5. The van der Waals surface area contributed by atoms with Crippen LogP contribution in [0, 0.1) is 6.08 Å². The summed E-state index contributed by atoms with van der Waals surface area (Å²) in [7, 11) is -18.8. The van der Waals surface area contributed by atoms with Gasteiger partial charge in [0.1, 0.15) is 32.5 Å². The summed E-state index contributed by atoms with van der Waals surface area (Å²) >= 11 is 6.67. The van der Waals surface area contributed by atoms with Gasteiger partial charge in [-0.15, -0.1) is 29.1 Å². The summed E-state index contributed by atoms with van der Waals surface area (Å²) in [6.07, 6.45) is -1.28. The van der Waals surface area contributed by atoms with Crippen LogP contribution in [0.25, 0.3) is 0 Å². The van der Waals surface area contributed by atoms with Gasteiger partial charge in [0.15, 0.2) is 22.2 Å². The Kier molecular flexibility index (Phi) is 19.3. The summed E-state index contributed by atoms with van der Waals surface area (Å²) in [6.45, 7) is -0.333. The molecular formula is C38H32ClFN16O18S6. The van der Waals surface area contributed by atoms with E-state index in [4.69, 9.17) is 37.8 Å². The van der Waals surface area contributed by atoms with Crippen LogP contribution in [0.3, 0.4) is 0 Å². The molecule has 0 aliphatic carbocycles. The molecule has 422 valence electrons. The number of azo groups is 2. The van der Waals surface area contributed by atoms with Crippen LogP contribution in [-0.2, 0) is 63.1 Å². The van der Waals surface area contributed by atoms with E-state index in [1.165, 1.54) is 54.6 Å². The summed E-state index contributed by atoms with van der Waals surface area (Å²) in [5.41, 5.74) is 9.24. The number of nitrogens with one attached hydrogen (secondary N) is 4. The lowest BCUT2D eigenvalue weighted by molar-refractivity contribution is -0.434. The van der Waals surface area contributed by atoms with Gasteiger partial charge in [-0.1, -0.05) is 16.1 Å². The molecule has 0 aliphatic heterocycles. The van der Waals surface area contributed by atoms with Gasteiger partial charge < -0.3 is 32.7 Å². The van der Waals surface area contributed by atoms with Crippen molar-refractivity contribution in [3.63, 3.8) is 0 Å².